The molecule has 2 aromatic heterocycles. The number of aromatic nitrogens is 4. The topological polar surface area (TPSA) is 82.1 Å². The fourth-order valence-corrected chi connectivity index (χ4v) is 3.17. The van der Waals surface area contributed by atoms with Crippen LogP contribution in [0.5, 0.6) is 0 Å². The van der Waals surface area contributed by atoms with Crippen LogP contribution in [0, 0.1) is 0 Å². The van der Waals surface area contributed by atoms with Gasteiger partial charge in [-0.2, -0.15) is 4.98 Å². The van der Waals surface area contributed by atoms with Gasteiger partial charge in [-0.15, -0.1) is 0 Å². The van der Waals surface area contributed by atoms with Crippen LogP contribution < -0.4 is 16.1 Å². The van der Waals surface area contributed by atoms with Gasteiger partial charge in [-0.05, 0) is 12.1 Å². The fraction of sp³-hybridized carbons (Fsp3) is 0.200. The molecule has 3 aromatic rings. The summed E-state index contributed by atoms with van der Waals surface area (Å²) in [4.78, 5) is 42.7. The molecule has 1 aromatic carbocycles. The van der Waals surface area contributed by atoms with Crippen molar-refractivity contribution in [1.82, 2.24) is 18.7 Å². The van der Waals surface area contributed by atoms with Gasteiger partial charge < -0.3 is 0 Å². The largest absolute Gasteiger partial charge is 0.332 e. The smallest absolute Gasteiger partial charge is 0.294 e. The molecule has 24 heavy (non-hydrogen) atoms. The molecule has 9 heteroatoms. The van der Waals surface area contributed by atoms with E-state index in [2.05, 4.69) is 4.98 Å². The van der Waals surface area contributed by atoms with Crippen LogP contribution >= 0.6 is 11.6 Å². The molecule has 0 fully saturated rings. The van der Waals surface area contributed by atoms with Crippen molar-refractivity contribution in [2.75, 3.05) is 4.90 Å². The highest BCUT2D eigenvalue weighted by atomic mass is 35.5. The normalized spacial score (nSPS) is 13.8. The van der Waals surface area contributed by atoms with E-state index in [0.29, 0.717) is 10.7 Å². The number of fused-ring (bicyclic) bond motifs is 3. The van der Waals surface area contributed by atoms with Gasteiger partial charge in [0.1, 0.15) is 6.54 Å². The van der Waals surface area contributed by atoms with Crippen LogP contribution in [0.4, 0.5) is 11.6 Å². The van der Waals surface area contributed by atoms with Gasteiger partial charge in [-0.25, -0.2) is 9.69 Å². The maximum Gasteiger partial charge on any atom is 0.332 e. The van der Waals surface area contributed by atoms with Gasteiger partial charge in [0.15, 0.2) is 11.2 Å². The van der Waals surface area contributed by atoms with E-state index in [9.17, 15) is 14.4 Å². The van der Waals surface area contributed by atoms with E-state index < -0.39 is 11.2 Å². The monoisotopic (exact) mass is 345 g/mol. The minimum atomic E-state index is -0.486. The Morgan fingerprint density at radius 3 is 2.50 bits per heavy atom. The Bertz CT molecular complexity index is 1140. The zero-order chi connectivity index (χ0) is 17.2. The lowest BCUT2D eigenvalue weighted by Crippen LogP contribution is -2.37. The first kappa shape index (κ1) is 14.7. The van der Waals surface area contributed by atoms with Crippen molar-refractivity contribution in [1.29, 1.82) is 0 Å². The molecule has 1 amide bonds. The maximum atomic E-state index is 12.5. The lowest BCUT2D eigenvalue weighted by atomic mass is 10.3. The van der Waals surface area contributed by atoms with Gasteiger partial charge in [0.05, 0.1) is 10.7 Å². The van der Waals surface area contributed by atoms with Crippen LogP contribution in [0.1, 0.15) is 0 Å². The summed E-state index contributed by atoms with van der Waals surface area (Å²) >= 11 is 6.20. The number of nitrogens with zero attached hydrogens (tertiary/aromatic N) is 5. The minimum absolute atomic E-state index is 0.0372. The molecule has 1 aliphatic heterocycles. The zero-order valence-electron chi connectivity index (χ0n) is 12.9. The Labute approximate surface area is 140 Å². The van der Waals surface area contributed by atoms with Gasteiger partial charge in [0.25, 0.3) is 11.5 Å². The van der Waals surface area contributed by atoms with Crippen molar-refractivity contribution in [3.63, 3.8) is 0 Å². The Morgan fingerprint density at radius 1 is 1.08 bits per heavy atom. The molecule has 3 heterocycles. The van der Waals surface area contributed by atoms with E-state index in [4.69, 9.17) is 11.6 Å². The van der Waals surface area contributed by atoms with E-state index in [1.54, 1.807) is 24.3 Å². The molecule has 4 rings (SSSR count). The summed E-state index contributed by atoms with van der Waals surface area (Å²) in [6, 6.07) is 6.89. The lowest BCUT2D eigenvalue weighted by molar-refractivity contribution is -0.117. The highest BCUT2D eigenvalue weighted by Gasteiger charge is 2.35. The number of aryl methyl sites for hydroxylation is 1. The van der Waals surface area contributed by atoms with Gasteiger partial charge in [0.2, 0.25) is 5.95 Å². The number of rotatable bonds is 1. The first-order valence-corrected chi connectivity index (χ1v) is 7.53. The minimum Gasteiger partial charge on any atom is -0.294 e. The predicted molar refractivity (Wildman–Crippen MR) is 88.8 cm³/mol. The third-order valence-corrected chi connectivity index (χ3v) is 4.48. The second-order valence-corrected chi connectivity index (χ2v) is 5.96. The van der Waals surface area contributed by atoms with Gasteiger partial charge in [0, 0.05) is 14.1 Å². The number of hydrogen-bond donors (Lipinski definition) is 0. The highest BCUT2D eigenvalue weighted by molar-refractivity contribution is 6.34. The molecule has 0 bridgehead atoms. The summed E-state index contributed by atoms with van der Waals surface area (Å²) in [5.74, 6) is 0.0322. The van der Waals surface area contributed by atoms with Gasteiger partial charge >= 0.3 is 5.69 Å². The molecule has 8 nitrogen and oxygen atoms in total. The third kappa shape index (κ3) is 1.74. The van der Waals surface area contributed by atoms with E-state index >= 15 is 0 Å². The Balaban J connectivity index is 2.08. The first-order valence-electron chi connectivity index (χ1n) is 7.15. The van der Waals surface area contributed by atoms with Crippen LogP contribution in [-0.4, -0.2) is 24.6 Å². The summed E-state index contributed by atoms with van der Waals surface area (Å²) in [7, 11) is 2.93. The van der Waals surface area contributed by atoms with Crippen molar-refractivity contribution >= 4 is 40.3 Å². The molecular weight excluding hydrogens is 334 g/mol. The van der Waals surface area contributed by atoms with Crippen molar-refractivity contribution < 1.29 is 4.79 Å². The average Bonchev–Trinajstić information content (AvgIpc) is 3.06. The molecule has 122 valence electrons. The van der Waals surface area contributed by atoms with E-state index in [1.807, 2.05) is 0 Å². The van der Waals surface area contributed by atoms with Crippen molar-refractivity contribution in [2.45, 2.75) is 6.54 Å². The summed E-state index contributed by atoms with van der Waals surface area (Å²) in [6.45, 7) is -0.0372. The number of benzene rings is 1. The SMILES string of the molecule is Cn1c(=O)c2c(nc3n2CC(=O)N3c2ccccc2Cl)n(C)c1=O. The van der Waals surface area contributed by atoms with Gasteiger partial charge in [-0.1, -0.05) is 23.7 Å². The maximum absolute atomic E-state index is 12.5. The van der Waals surface area contributed by atoms with E-state index in [1.165, 1.54) is 28.1 Å². The molecule has 0 aliphatic carbocycles. The van der Waals surface area contributed by atoms with E-state index in [0.717, 1.165) is 4.57 Å². The Kier molecular flexibility index (Phi) is 2.95. The van der Waals surface area contributed by atoms with Crippen molar-refractivity contribution in [3.8, 4) is 0 Å². The fourth-order valence-electron chi connectivity index (χ4n) is 2.95. The summed E-state index contributed by atoms with van der Waals surface area (Å²) in [6.07, 6.45) is 0. The number of halogens is 1. The lowest BCUT2D eigenvalue weighted by Gasteiger charge is -2.15. The number of hydrogen-bond acceptors (Lipinski definition) is 4. The summed E-state index contributed by atoms with van der Waals surface area (Å²) in [5, 5.41) is 0.396. The van der Waals surface area contributed by atoms with Gasteiger partial charge in [-0.3, -0.25) is 23.3 Å². The molecular formula is C15H12ClN5O3. The van der Waals surface area contributed by atoms with Crippen molar-refractivity contribution in [3.05, 3.63) is 50.1 Å². The summed E-state index contributed by atoms with van der Waals surface area (Å²) in [5.41, 5.74) is -0.0132. The second kappa shape index (κ2) is 4.81. The highest BCUT2D eigenvalue weighted by Crippen LogP contribution is 2.36. The average molecular weight is 346 g/mol. The number of para-hydroxylation sites is 1. The second-order valence-electron chi connectivity index (χ2n) is 5.56. The molecule has 0 unspecified atom stereocenters. The molecule has 0 saturated heterocycles. The molecule has 0 radical (unpaired) electrons. The predicted octanol–water partition coefficient (Wildman–Crippen LogP) is 0.765. The Morgan fingerprint density at radius 2 is 1.79 bits per heavy atom. The summed E-state index contributed by atoms with van der Waals surface area (Å²) < 4.78 is 3.81. The number of anilines is 2. The van der Waals surface area contributed by atoms with Crippen LogP contribution in [0.3, 0.4) is 0 Å². The number of carbonyl (C=O) groups is 1. The van der Waals surface area contributed by atoms with Crippen LogP contribution in [0.2, 0.25) is 5.02 Å². The standard InChI is InChI=1S/C15H12ClN5O3/c1-18-12-11(13(23)19(2)15(18)24)20-7-10(22)21(14(20)17-12)9-6-4-3-5-8(9)16/h3-6H,7H2,1-2H3. The molecule has 0 atom stereocenters. The van der Waals surface area contributed by atoms with Crippen LogP contribution in [0.15, 0.2) is 33.9 Å². The number of carbonyl (C=O) groups excluding carboxylic acids is 1. The number of amides is 1. The Hall–Kier alpha value is -2.87. The van der Waals surface area contributed by atoms with Crippen LogP contribution in [0.25, 0.3) is 11.2 Å². The first-order chi connectivity index (χ1) is 11.4. The molecule has 1 aliphatic rings. The molecule has 0 N–H and O–H groups in total. The molecule has 0 saturated carbocycles. The third-order valence-electron chi connectivity index (χ3n) is 4.16. The zero-order valence-corrected chi connectivity index (χ0v) is 13.6. The number of imidazole rings is 1. The molecule has 0 spiro atoms. The quantitative estimate of drug-likeness (QED) is 0.652. The van der Waals surface area contributed by atoms with Crippen LogP contribution in [-0.2, 0) is 25.4 Å². The van der Waals surface area contributed by atoms with Crippen molar-refractivity contribution in [2.24, 2.45) is 14.1 Å². The van der Waals surface area contributed by atoms with E-state index in [-0.39, 0.29) is 29.6 Å².